The number of amides is 2. The lowest BCUT2D eigenvalue weighted by Gasteiger charge is -2.32. The van der Waals surface area contributed by atoms with E-state index in [0.29, 0.717) is 37.6 Å². The van der Waals surface area contributed by atoms with Crippen LogP contribution in [0.5, 0.6) is 5.75 Å². The molecule has 0 saturated carbocycles. The number of anilines is 1. The first kappa shape index (κ1) is 20.5. The summed E-state index contributed by atoms with van der Waals surface area (Å²) in [5.41, 5.74) is 1.39. The number of para-hydroxylation sites is 1. The summed E-state index contributed by atoms with van der Waals surface area (Å²) in [4.78, 5) is 34.9. The van der Waals surface area contributed by atoms with Gasteiger partial charge in [-0.15, -0.1) is 0 Å². The van der Waals surface area contributed by atoms with Crippen LogP contribution in [0.25, 0.3) is 0 Å². The Morgan fingerprint density at radius 1 is 1.28 bits per heavy atom. The van der Waals surface area contributed by atoms with Crippen molar-refractivity contribution in [1.29, 1.82) is 0 Å². The third kappa shape index (κ3) is 5.20. The smallest absolute Gasteiger partial charge is 0.257 e. The van der Waals surface area contributed by atoms with Gasteiger partial charge in [0.1, 0.15) is 5.75 Å². The SMILES string of the molecule is CNc1ncc(C(=O)N2CCO[C@@H](C(=O)NCCc3ccccc3OC)C2)cn1. The van der Waals surface area contributed by atoms with Gasteiger partial charge in [-0.25, -0.2) is 9.97 Å². The molecule has 9 heteroatoms. The average Bonchev–Trinajstić information content (AvgIpc) is 2.79. The fourth-order valence-electron chi connectivity index (χ4n) is 3.09. The maximum absolute atomic E-state index is 12.7. The fraction of sp³-hybridized carbons (Fsp3) is 0.400. The highest BCUT2D eigenvalue weighted by atomic mass is 16.5. The standard InChI is InChI=1S/C20H25N5O4/c1-21-20-23-11-15(12-24-20)19(27)25-9-10-29-17(13-25)18(26)22-8-7-14-5-3-4-6-16(14)28-2/h3-6,11-12,17H,7-10,13H2,1-2H3,(H,22,26)(H,21,23,24)/t17-/m1/s1. The molecule has 1 aromatic carbocycles. The Kier molecular flexibility index (Phi) is 6.96. The number of rotatable bonds is 7. The van der Waals surface area contributed by atoms with Gasteiger partial charge in [0.25, 0.3) is 11.8 Å². The van der Waals surface area contributed by atoms with E-state index in [-0.39, 0.29) is 18.4 Å². The zero-order valence-corrected chi connectivity index (χ0v) is 16.6. The van der Waals surface area contributed by atoms with Crippen molar-refractivity contribution in [1.82, 2.24) is 20.2 Å². The van der Waals surface area contributed by atoms with Crippen LogP contribution in [0.2, 0.25) is 0 Å². The number of methoxy groups -OCH3 is 1. The highest BCUT2D eigenvalue weighted by molar-refractivity contribution is 5.94. The van der Waals surface area contributed by atoms with Gasteiger partial charge in [-0.05, 0) is 18.1 Å². The van der Waals surface area contributed by atoms with E-state index in [4.69, 9.17) is 9.47 Å². The maximum Gasteiger partial charge on any atom is 0.257 e. The molecule has 1 saturated heterocycles. The summed E-state index contributed by atoms with van der Waals surface area (Å²) in [7, 11) is 3.33. The number of carbonyl (C=O) groups excluding carboxylic acids is 2. The van der Waals surface area contributed by atoms with E-state index in [1.165, 1.54) is 12.4 Å². The van der Waals surface area contributed by atoms with Gasteiger partial charge in [-0.2, -0.15) is 0 Å². The number of morpholine rings is 1. The van der Waals surface area contributed by atoms with Crippen molar-refractivity contribution in [2.24, 2.45) is 0 Å². The number of nitrogens with zero attached hydrogens (tertiary/aromatic N) is 3. The van der Waals surface area contributed by atoms with Crippen molar-refractivity contribution < 1.29 is 19.1 Å². The van der Waals surface area contributed by atoms with Crippen molar-refractivity contribution in [3.8, 4) is 5.75 Å². The maximum atomic E-state index is 12.7. The van der Waals surface area contributed by atoms with Crippen LogP contribution in [0.4, 0.5) is 5.95 Å². The predicted octanol–water partition coefficient (Wildman–Crippen LogP) is 0.727. The zero-order chi connectivity index (χ0) is 20.6. The molecule has 3 rings (SSSR count). The van der Waals surface area contributed by atoms with Gasteiger partial charge in [0, 0.05) is 32.5 Å². The van der Waals surface area contributed by atoms with Gasteiger partial charge in [0.15, 0.2) is 6.10 Å². The van der Waals surface area contributed by atoms with Crippen LogP contribution in [0.15, 0.2) is 36.7 Å². The number of hydrogen-bond acceptors (Lipinski definition) is 7. The lowest BCUT2D eigenvalue weighted by molar-refractivity contribution is -0.137. The van der Waals surface area contributed by atoms with E-state index in [1.54, 1.807) is 19.1 Å². The van der Waals surface area contributed by atoms with Gasteiger partial charge >= 0.3 is 0 Å². The lowest BCUT2D eigenvalue weighted by atomic mass is 10.1. The highest BCUT2D eigenvalue weighted by Gasteiger charge is 2.29. The molecule has 2 aromatic rings. The number of benzene rings is 1. The van der Waals surface area contributed by atoms with Crippen molar-refractivity contribution in [3.63, 3.8) is 0 Å². The Balaban J connectivity index is 1.52. The van der Waals surface area contributed by atoms with Crippen LogP contribution >= 0.6 is 0 Å². The third-order valence-corrected chi connectivity index (χ3v) is 4.65. The van der Waals surface area contributed by atoms with Crippen molar-refractivity contribution >= 4 is 17.8 Å². The van der Waals surface area contributed by atoms with Crippen LogP contribution in [0, 0.1) is 0 Å². The quantitative estimate of drug-likeness (QED) is 0.707. The van der Waals surface area contributed by atoms with E-state index in [9.17, 15) is 9.59 Å². The molecule has 0 radical (unpaired) electrons. The first-order valence-electron chi connectivity index (χ1n) is 9.42. The molecule has 1 aromatic heterocycles. The minimum atomic E-state index is -0.706. The molecule has 2 N–H and O–H groups in total. The van der Waals surface area contributed by atoms with E-state index in [1.807, 2.05) is 24.3 Å². The van der Waals surface area contributed by atoms with E-state index in [0.717, 1.165) is 11.3 Å². The summed E-state index contributed by atoms with van der Waals surface area (Å²) in [5.74, 6) is 0.775. The molecule has 0 bridgehead atoms. The second-order valence-electron chi connectivity index (χ2n) is 6.51. The number of carbonyl (C=O) groups is 2. The summed E-state index contributed by atoms with van der Waals surface area (Å²) in [6.45, 7) is 1.35. The fourth-order valence-corrected chi connectivity index (χ4v) is 3.09. The van der Waals surface area contributed by atoms with Crippen LogP contribution in [0.3, 0.4) is 0 Å². The molecule has 9 nitrogen and oxygen atoms in total. The summed E-state index contributed by atoms with van der Waals surface area (Å²) in [6.07, 6.45) is 2.88. The number of ether oxygens (including phenoxy) is 2. The molecule has 1 aliphatic rings. The molecule has 2 amide bonds. The molecule has 154 valence electrons. The van der Waals surface area contributed by atoms with Gasteiger partial charge in [-0.1, -0.05) is 18.2 Å². The largest absolute Gasteiger partial charge is 0.496 e. The van der Waals surface area contributed by atoms with Crippen LogP contribution in [-0.2, 0) is 16.0 Å². The number of aromatic nitrogens is 2. The van der Waals surface area contributed by atoms with Gasteiger partial charge in [0.2, 0.25) is 5.95 Å². The first-order chi connectivity index (χ1) is 14.1. The molecule has 0 aliphatic carbocycles. The normalized spacial score (nSPS) is 16.2. The molecular formula is C20H25N5O4. The molecule has 1 atom stereocenters. The predicted molar refractivity (Wildman–Crippen MR) is 107 cm³/mol. The lowest BCUT2D eigenvalue weighted by Crippen LogP contribution is -2.51. The topological polar surface area (TPSA) is 106 Å². The highest BCUT2D eigenvalue weighted by Crippen LogP contribution is 2.17. The van der Waals surface area contributed by atoms with E-state index < -0.39 is 6.10 Å². The van der Waals surface area contributed by atoms with Crippen molar-refractivity contribution in [2.45, 2.75) is 12.5 Å². The Morgan fingerprint density at radius 3 is 2.76 bits per heavy atom. The van der Waals surface area contributed by atoms with E-state index >= 15 is 0 Å². The van der Waals surface area contributed by atoms with Crippen LogP contribution in [-0.4, -0.2) is 73.2 Å². The van der Waals surface area contributed by atoms with Crippen LogP contribution < -0.4 is 15.4 Å². The van der Waals surface area contributed by atoms with E-state index in [2.05, 4.69) is 20.6 Å². The third-order valence-electron chi connectivity index (χ3n) is 4.65. The molecule has 0 spiro atoms. The Bertz CT molecular complexity index is 843. The minimum absolute atomic E-state index is 0.188. The molecule has 29 heavy (non-hydrogen) atoms. The molecule has 1 fully saturated rings. The monoisotopic (exact) mass is 399 g/mol. The Hall–Kier alpha value is -3.20. The first-order valence-corrected chi connectivity index (χ1v) is 9.42. The molecule has 1 aliphatic heterocycles. The summed E-state index contributed by atoms with van der Waals surface area (Å²) in [6, 6.07) is 7.68. The van der Waals surface area contributed by atoms with Crippen molar-refractivity contribution in [2.75, 3.05) is 45.7 Å². The summed E-state index contributed by atoms with van der Waals surface area (Å²) in [5, 5.41) is 5.68. The Morgan fingerprint density at radius 2 is 2.03 bits per heavy atom. The summed E-state index contributed by atoms with van der Waals surface area (Å²) >= 11 is 0. The van der Waals surface area contributed by atoms with Crippen molar-refractivity contribution in [3.05, 3.63) is 47.8 Å². The second kappa shape index (κ2) is 9.83. The minimum Gasteiger partial charge on any atom is -0.496 e. The van der Waals surface area contributed by atoms with Crippen LogP contribution in [0.1, 0.15) is 15.9 Å². The van der Waals surface area contributed by atoms with Gasteiger partial charge in [0.05, 0.1) is 25.8 Å². The summed E-state index contributed by atoms with van der Waals surface area (Å²) < 4.78 is 10.9. The number of nitrogens with one attached hydrogen (secondary N) is 2. The molecular weight excluding hydrogens is 374 g/mol. The number of hydrogen-bond donors (Lipinski definition) is 2. The second-order valence-corrected chi connectivity index (χ2v) is 6.51. The van der Waals surface area contributed by atoms with Gasteiger partial charge < -0.3 is 25.0 Å². The zero-order valence-electron chi connectivity index (χ0n) is 16.6. The molecule has 2 heterocycles. The average molecular weight is 399 g/mol. The van der Waals surface area contributed by atoms with Gasteiger partial charge in [-0.3, -0.25) is 9.59 Å². The molecule has 0 unspecified atom stereocenters. The Labute approximate surface area is 169 Å².